The quantitative estimate of drug-likeness (QED) is 0.643. The van der Waals surface area contributed by atoms with E-state index in [0.29, 0.717) is 13.1 Å². The number of likely N-dealkylation sites (tertiary alicyclic amines) is 1. The largest absolute Gasteiger partial charge is 0.481 e. The van der Waals surface area contributed by atoms with Gasteiger partial charge in [0.25, 0.3) is 0 Å². The Morgan fingerprint density at radius 1 is 1.26 bits per heavy atom. The SMILES string of the molecule is O=C(O)C1COCC1NC(=O)N1CCC(CO)CC1. The first-order valence-corrected chi connectivity index (χ1v) is 6.58. The second kappa shape index (κ2) is 6.21. The number of hydrogen-bond acceptors (Lipinski definition) is 4. The lowest BCUT2D eigenvalue weighted by Gasteiger charge is -2.32. The van der Waals surface area contributed by atoms with Crippen molar-refractivity contribution in [2.75, 3.05) is 32.9 Å². The zero-order chi connectivity index (χ0) is 13.8. The summed E-state index contributed by atoms with van der Waals surface area (Å²) in [6.07, 6.45) is 1.57. The molecule has 2 amide bonds. The highest BCUT2D eigenvalue weighted by Crippen LogP contribution is 2.18. The standard InChI is InChI=1S/C12H20N2O5/c15-5-8-1-3-14(4-2-8)12(18)13-10-7-19-6-9(10)11(16)17/h8-10,15H,1-7H2,(H,13,18)(H,16,17). The highest BCUT2D eigenvalue weighted by molar-refractivity contribution is 5.77. The maximum Gasteiger partial charge on any atom is 0.317 e. The van der Waals surface area contributed by atoms with Crippen molar-refractivity contribution in [3.05, 3.63) is 0 Å². The molecule has 7 heteroatoms. The number of nitrogens with zero attached hydrogens (tertiary/aromatic N) is 1. The first-order chi connectivity index (χ1) is 9.11. The average Bonchev–Trinajstić information content (AvgIpc) is 2.87. The molecule has 2 aliphatic rings. The Balaban J connectivity index is 1.82. The molecule has 2 unspecified atom stereocenters. The van der Waals surface area contributed by atoms with Crippen LogP contribution in [0.5, 0.6) is 0 Å². The third-order valence-electron chi connectivity index (χ3n) is 3.87. The van der Waals surface area contributed by atoms with Crippen LogP contribution in [0.15, 0.2) is 0 Å². The van der Waals surface area contributed by atoms with Gasteiger partial charge in [0.15, 0.2) is 0 Å². The lowest BCUT2D eigenvalue weighted by molar-refractivity contribution is -0.142. The van der Waals surface area contributed by atoms with Gasteiger partial charge >= 0.3 is 12.0 Å². The number of nitrogens with one attached hydrogen (secondary N) is 1. The molecule has 0 bridgehead atoms. The molecule has 0 aliphatic carbocycles. The van der Waals surface area contributed by atoms with Gasteiger partial charge in [-0.2, -0.15) is 0 Å². The van der Waals surface area contributed by atoms with Crippen LogP contribution in [-0.2, 0) is 9.53 Å². The van der Waals surface area contributed by atoms with Crippen molar-refractivity contribution in [1.82, 2.24) is 10.2 Å². The highest BCUT2D eigenvalue weighted by atomic mass is 16.5. The van der Waals surface area contributed by atoms with Crippen LogP contribution in [0.4, 0.5) is 4.79 Å². The average molecular weight is 272 g/mol. The Morgan fingerprint density at radius 2 is 1.95 bits per heavy atom. The molecule has 2 atom stereocenters. The Labute approximate surface area is 111 Å². The summed E-state index contributed by atoms with van der Waals surface area (Å²) < 4.78 is 5.11. The molecule has 0 aromatic carbocycles. The molecule has 2 saturated heterocycles. The minimum Gasteiger partial charge on any atom is -0.481 e. The van der Waals surface area contributed by atoms with E-state index in [1.54, 1.807) is 4.90 Å². The van der Waals surface area contributed by atoms with Crippen molar-refractivity contribution in [3.8, 4) is 0 Å². The molecule has 0 aromatic heterocycles. The van der Waals surface area contributed by atoms with Crippen molar-refractivity contribution in [2.45, 2.75) is 18.9 Å². The summed E-state index contributed by atoms with van der Waals surface area (Å²) in [6.45, 7) is 1.75. The van der Waals surface area contributed by atoms with Gasteiger partial charge in [-0.3, -0.25) is 4.79 Å². The summed E-state index contributed by atoms with van der Waals surface area (Å²) in [5, 5.41) is 20.8. The topological polar surface area (TPSA) is 99.1 Å². The van der Waals surface area contributed by atoms with Crippen molar-refractivity contribution in [2.24, 2.45) is 11.8 Å². The zero-order valence-electron chi connectivity index (χ0n) is 10.7. The van der Waals surface area contributed by atoms with E-state index in [0.717, 1.165) is 12.8 Å². The summed E-state index contributed by atoms with van der Waals surface area (Å²) in [5.41, 5.74) is 0. The Hall–Kier alpha value is -1.34. The smallest absolute Gasteiger partial charge is 0.317 e. The molecular weight excluding hydrogens is 252 g/mol. The van der Waals surface area contributed by atoms with E-state index < -0.39 is 17.9 Å². The summed E-state index contributed by atoms with van der Waals surface area (Å²) in [4.78, 5) is 24.7. The second-order valence-electron chi connectivity index (χ2n) is 5.15. The van der Waals surface area contributed by atoms with Gasteiger partial charge in [-0.05, 0) is 18.8 Å². The zero-order valence-corrected chi connectivity index (χ0v) is 10.7. The minimum absolute atomic E-state index is 0.146. The molecule has 2 rings (SSSR count). The third-order valence-corrected chi connectivity index (χ3v) is 3.87. The van der Waals surface area contributed by atoms with Crippen LogP contribution in [0.2, 0.25) is 0 Å². The molecule has 3 N–H and O–H groups in total. The summed E-state index contributed by atoms with van der Waals surface area (Å²) in [5.74, 6) is -1.34. The number of hydrogen-bond donors (Lipinski definition) is 3. The van der Waals surface area contributed by atoms with Crippen LogP contribution in [-0.4, -0.2) is 66.1 Å². The highest BCUT2D eigenvalue weighted by Gasteiger charge is 2.36. The van der Waals surface area contributed by atoms with E-state index >= 15 is 0 Å². The van der Waals surface area contributed by atoms with E-state index in [4.69, 9.17) is 14.9 Å². The predicted octanol–water partition coefficient (Wildman–Crippen LogP) is -0.500. The second-order valence-corrected chi connectivity index (χ2v) is 5.15. The predicted molar refractivity (Wildman–Crippen MR) is 65.6 cm³/mol. The molecule has 2 aliphatic heterocycles. The fourth-order valence-corrected chi connectivity index (χ4v) is 2.51. The Bertz CT molecular complexity index is 341. The van der Waals surface area contributed by atoms with Gasteiger partial charge in [0.2, 0.25) is 0 Å². The monoisotopic (exact) mass is 272 g/mol. The van der Waals surface area contributed by atoms with Crippen molar-refractivity contribution >= 4 is 12.0 Å². The Kier molecular flexibility index (Phi) is 4.60. The number of rotatable bonds is 3. The number of amides is 2. The van der Waals surface area contributed by atoms with Crippen LogP contribution in [0.25, 0.3) is 0 Å². The van der Waals surface area contributed by atoms with Crippen molar-refractivity contribution in [3.63, 3.8) is 0 Å². The van der Waals surface area contributed by atoms with Crippen LogP contribution < -0.4 is 5.32 Å². The number of carboxylic acid groups (broad SMARTS) is 1. The van der Waals surface area contributed by atoms with Crippen LogP contribution in [0, 0.1) is 11.8 Å². The number of urea groups is 1. The maximum atomic E-state index is 12.0. The van der Waals surface area contributed by atoms with Gasteiger partial charge in [-0.15, -0.1) is 0 Å². The first kappa shape index (κ1) is 14.1. The fourth-order valence-electron chi connectivity index (χ4n) is 2.51. The summed E-state index contributed by atoms with van der Waals surface area (Å²) in [7, 11) is 0. The van der Waals surface area contributed by atoms with E-state index in [1.165, 1.54) is 0 Å². The molecule has 108 valence electrons. The van der Waals surface area contributed by atoms with Gasteiger partial charge in [-0.1, -0.05) is 0 Å². The number of aliphatic carboxylic acids is 1. The van der Waals surface area contributed by atoms with Gasteiger partial charge in [0, 0.05) is 19.7 Å². The van der Waals surface area contributed by atoms with Crippen molar-refractivity contribution in [1.29, 1.82) is 0 Å². The molecule has 0 radical (unpaired) electrons. The van der Waals surface area contributed by atoms with Gasteiger partial charge in [0.1, 0.15) is 5.92 Å². The van der Waals surface area contributed by atoms with E-state index in [-0.39, 0.29) is 31.8 Å². The summed E-state index contributed by atoms with van der Waals surface area (Å²) in [6, 6.07) is -0.696. The number of aliphatic hydroxyl groups is 1. The minimum atomic E-state index is -0.943. The van der Waals surface area contributed by atoms with Crippen molar-refractivity contribution < 1.29 is 24.5 Å². The third kappa shape index (κ3) is 3.36. The molecule has 0 spiro atoms. The molecular formula is C12H20N2O5. The molecule has 7 nitrogen and oxygen atoms in total. The number of carboxylic acids is 1. The normalized spacial score (nSPS) is 28.4. The molecule has 2 heterocycles. The molecule has 0 saturated carbocycles. The molecule has 19 heavy (non-hydrogen) atoms. The molecule has 0 aromatic rings. The lowest BCUT2D eigenvalue weighted by Crippen LogP contribution is -2.51. The van der Waals surface area contributed by atoms with Crippen LogP contribution in [0.3, 0.4) is 0 Å². The van der Waals surface area contributed by atoms with E-state index in [9.17, 15) is 9.59 Å². The number of piperidine rings is 1. The van der Waals surface area contributed by atoms with Gasteiger partial charge in [-0.25, -0.2) is 4.79 Å². The van der Waals surface area contributed by atoms with Crippen LogP contribution in [0.1, 0.15) is 12.8 Å². The van der Waals surface area contributed by atoms with Gasteiger partial charge in [0.05, 0.1) is 19.3 Å². The van der Waals surface area contributed by atoms with E-state index in [1.807, 2.05) is 0 Å². The fraction of sp³-hybridized carbons (Fsp3) is 0.833. The number of ether oxygens (including phenoxy) is 1. The maximum absolute atomic E-state index is 12.0. The number of aliphatic hydroxyl groups excluding tert-OH is 1. The van der Waals surface area contributed by atoms with Gasteiger partial charge < -0.3 is 25.2 Å². The van der Waals surface area contributed by atoms with Crippen LogP contribution >= 0.6 is 0 Å². The number of carbonyl (C=O) groups excluding carboxylic acids is 1. The Morgan fingerprint density at radius 3 is 2.53 bits per heavy atom. The number of carbonyl (C=O) groups is 2. The lowest BCUT2D eigenvalue weighted by atomic mass is 9.98. The van der Waals surface area contributed by atoms with E-state index in [2.05, 4.69) is 5.32 Å². The first-order valence-electron chi connectivity index (χ1n) is 6.58. The molecule has 2 fully saturated rings. The summed E-state index contributed by atoms with van der Waals surface area (Å²) >= 11 is 0.